The summed E-state index contributed by atoms with van der Waals surface area (Å²) in [6.45, 7) is 9.99. The molecule has 0 N–H and O–H groups in total. The maximum absolute atomic E-state index is 6.61. The minimum absolute atomic E-state index is 0.0347. The SMILES string of the molecule is CC1(C)CCC[C@@]2(C)C1CC[C@@]1(C)Oc3ccccc3CC21. The summed E-state index contributed by atoms with van der Waals surface area (Å²) in [5, 5.41) is 0. The number of rotatable bonds is 0. The fraction of sp³-hybridized carbons (Fsp3) is 0.714. The van der Waals surface area contributed by atoms with Crippen molar-refractivity contribution < 1.29 is 4.74 Å². The van der Waals surface area contributed by atoms with Gasteiger partial charge < -0.3 is 4.74 Å². The number of hydrogen-bond donors (Lipinski definition) is 0. The van der Waals surface area contributed by atoms with E-state index in [4.69, 9.17) is 4.74 Å². The lowest BCUT2D eigenvalue weighted by Gasteiger charge is -2.63. The summed E-state index contributed by atoms with van der Waals surface area (Å²) in [7, 11) is 0. The average Bonchev–Trinajstić information content (AvgIpc) is 2.44. The van der Waals surface area contributed by atoms with Crippen molar-refractivity contribution in [3.8, 4) is 5.75 Å². The van der Waals surface area contributed by atoms with Crippen molar-refractivity contribution in [2.75, 3.05) is 0 Å². The maximum atomic E-state index is 6.61. The van der Waals surface area contributed by atoms with Gasteiger partial charge in [-0.2, -0.15) is 0 Å². The highest BCUT2D eigenvalue weighted by atomic mass is 16.5. The summed E-state index contributed by atoms with van der Waals surface area (Å²) < 4.78 is 6.61. The molecule has 2 saturated carbocycles. The lowest BCUT2D eigenvalue weighted by molar-refractivity contribution is -0.162. The monoisotopic (exact) mass is 298 g/mol. The number of hydrogen-bond acceptors (Lipinski definition) is 1. The highest BCUT2D eigenvalue weighted by Gasteiger charge is 2.60. The van der Waals surface area contributed by atoms with Crippen molar-refractivity contribution in [3.63, 3.8) is 0 Å². The van der Waals surface area contributed by atoms with E-state index in [0.29, 0.717) is 16.7 Å². The Kier molecular flexibility index (Phi) is 3.00. The van der Waals surface area contributed by atoms with Gasteiger partial charge in [0.25, 0.3) is 0 Å². The van der Waals surface area contributed by atoms with E-state index in [1.165, 1.54) is 44.1 Å². The van der Waals surface area contributed by atoms with Crippen LogP contribution < -0.4 is 4.74 Å². The minimum atomic E-state index is 0.0347. The quantitative estimate of drug-likeness (QED) is 0.604. The summed E-state index contributed by atoms with van der Waals surface area (Å²) in [6.07, 6.45) is 7.92. The van der Waals surface area contributed by atoms with Crippen molar-refractivity contribution >= 4 is 0 Å². The Morgan fingerprint density at radius 2 is 1.73 bits per heavy atom. The Hall–Kier alpha value is -0.980. The summed E-state index contributed by atoms with van der Waals surface area (Å²) in [5.41, 5.74) is 2.39. The molecule has 22 heavy (non-hydrogen) atoms. The summed E-state index contributed by atoms with van der Waals surface area (Å²) >= 11 is 0. The number of benzene rings is 1. The second-order valence-corrected chi connectivity index (χ2v) is 9.22. The molecule has 1 aromatic rings. The highest BCUT2D eigenvalue weighted by molar-refractivity contribution is 5.37. The lowest BCUT2D eigenvalue weighted by atomic mass is 9.44. The van der Waals surface area contributed by atoms with Crippen LogP contribution in [-0.2, 0) is 6.42 Å². The van der Waals surface area contributed by atoms with Gasteiger partial charge in [0, 0.05) is 5.92 Å². The Bertz CT molecular complexity index is 589. The van der Waals surface area contributed by atoms with Crippen LogP contribution in [0.2, 0.25) is 0 Å². The molecule has 0 saturated heterocycles. The van der Waals surface area contributed by atoms with Crippen LogP contribution in [0.5, 0.6) is 5.75 Å². The van der Waals surface area contributed by atoms with E-state index in [2.05, 4.69) is 52.0 Å². The first-order valence-electron chi connectivity index (χ1n) is 9.12. The zero-order valence-corrected chi connectivity index (χ0v) is 14.6. The van der Waals surface area contributed by atoms with Gasteiger partial charge in [-0.05, 0) is 67.4 Å². The summed E-state index contributed by atoms with van der Waals surface area (Å²) in [6, 6.07) is 8.71. The predicted molar refractivity (Wildman–Crippen MR) is 91.1 cm³/mol. The van der Waals surface area contributed by atoms with E-state index in [9.17, 15) is 0 Å². The molecule has 0 aromatic heterocycles. The first-order valence-corrected chi connectivity index (χ1v) is 9.12. The fourth-order valence-corrected chi connectivity index (χ4v) is 6.42. The third kappa shape index (κ3) is 1.90. The zero-order chi connectivity index (χ0) is 15.6. The second-order valence-electron chi connectivity index (χ2n) is 9.22. The molecule has 2 aliphatic carbocycles. The van der Waals surface area contributed by atoms with Gasteiger partial charge in [-0.15, -0.1) is 0 Å². The molecule has 3 aliphatic rings. The molecular formula is C21H30O. The minimum Gasteiger partial charge on any atom is -0.487 e. The van der Waals surface area contributed by atoms with Crippen molar-refractivity contribution in [1.82, 2.24) is 0 Å². The Morgan fingerprint density at radius 3 is 2.55 bits per heavy atom. The smallest absolute Gasteiger partial charge is 0.123 e. The molecule has 0 spiro atoms. The van der Waals surface area contributed by atoms with Gasteiger partial charge in [-0.1, -0.05) is 45.4 Å². The molecule has 1 heterocycles. The highest BCUT2D eigenvalue weighted by Crippen LogP contribution is 2.64. The maximum Gasteiger partial charge on any atom is 0.123 e. The van der Waals surface area contributed by atoms with Crippen LogP contribution in [0.25, 0.3) is 0 Å². The molecule has 0 bridgehead atoms. The van der Waals surface area contributed by atoms with Crippen molar-refractivity contribution in [2.45, 2.75) is 71.8 Å². The van der Waals surface area contributed by atoms with Gasteiger partial charge in [0.1, 0.15) is 11.4 Å². The summed E-state index contributed by atoms with van der Waals surface area (Å²) in [4.78, 5) is 0. The van der Waals surface area contributed by atoms with Crippen molar-refractivity contribution in [1.29, 1.82) is 0 Å². The molecular weight excluding hydrogens is 268 g/mol. The molecule has 1 heteroatoms. The number of fused-ring (bicyclic) bond motifs is 4. The normalized spacial score (nSPS) is 42.5. The van der Waals surface area contributed by atoms with Gasteiger partial charge in [0.2, 0.25) is 0 Å². The van der Waals surface area contributed by atoms with E-state index >= 15 is 0 Å². The van der Waals surface area contributed by atoms with Gasteiger partial charge in [0.15, 0.2) is 0 Å². The van der Waals surface area contributed by atoms with Crippen molar-refractivity contribution in [2.24, 2.45) is 22.7 Å². The zero-order valence-electron chi connectivity index (χ0n) is 14.6. The van der Waals surface area contributed by atoms with Gasteiger partial charge in [-0.25, -0.2) is 0 Å². The molecule has 1 aliphatic heterocycles. The fourth-order valence-electron chi connectivity index (χ4n) is 6.42. The Morgan fingerprint density at radius 1 is 0.955 bits per heavy atom. The number of para-hydroxylation sites is 1. The molecule has 0 amide bonds. The Labute approximate surface area is 135 Å². The first kappa shape index (κ1) is 14.6. The van der Waals surface area contributed by atoms with Gasteiger partial charge in [0.05, 0.1) is 0 Å². The van der Waals surface area contributed by atoms with Crippen LogP contribution >= 0.6 is 0 Å². The second kappa shape index (κ2) is 4.52. The molecule has 1 nitrogen and oxygen atoms in total. The van der Waals surface area contributed by atoms with Crippen LogP contribution in [0, 0.1) is 22.7 Å². The van der Waals surface area contributed by atoms with Crippen LogP contribution in [-0.4, -0.2) is 5.60 Å². The van der Waals surface area contributed by atoms with Gasteiger partial charge >= 0.3 is 0 Å². The molecule has 2 fully saturated rings. The van der Waals surface area contributed by atoms with Crippen molar-refractivity contribution in [3.05, 3.63) is 29.8 Å². The molecule has 120 valence electrons. The molecule has 1 aromatic carbocycles. The number of ether oxygens (including phenoxy) is 1. The largest absolute Gasteiger partial charge is 0.487 e. The third-order valence-corrected chi connectivity index (χ3v) is 7.48. The van der Waals surface area contributed by atoms with Crippen LogP contribution in [0.3, 0.4) is 0 Å². The van der Waals surface area contributed by atoms with Crippen LogP contribution in [0.15, 0.2) is 24.3 Å². The lowest BCUT2D eigenvalue weighted by Crippen LogP contribution is -2.61. The van der Waals surface area contributed by atoms with Gasteiger partial charge in [-0.3, -0.25) is 0 Å². The molecule has 2 unspecified atom stereocenters. The van der Waals surface area contributed by atoms with E-state index in [0.717, 1.165) is 11.7 Å². The predicted octanol–water partition coefficient (Wildman–Crippen LogP) is 5.62. The average molecular weight is 298 g/mol. The van der Waals surface area contributed by atoms with Crippen LogP contribution in [0.1, 0.15) is 65.4 Å². The van der Waals surface area contributed by atoms with E-state index in [1.54, 1.807) is 0 Å². The van der Waals surface area contributed by atoms with E-state index in [-0.39, 0.29) is 5.60 Å². The first-order chi connectivity index (χ1) is 10.4. The topological polar surface area (TPSA) is 9.23 Å². The van der Waals surface area contributed by atoms with E-state index in [1.807, 2.05) is 0 Å². The third-order valence-electron chi connectivity index (χ3n) is 7.48. The van der Waals surface area contributed by atoms with Crippen LogP contribution in [0.4, 0.5) is 0 Å². The van der Waals surface area contributed by atoms with E-state index < -0.39 is 0 Å². The standard InChI is InChI=1S/C21H30O/c1-19(2)11-7-12-20(3)17(19)10-13-21(4)18(20)14-15-8-5-6-9-16(15)22-21/h5-6,8-9,17-18H,7,10-14H2,1-4H3/t17?,18?,20-,21+/m0/s1. The molecule has 4 atom stereocenters. The molecule has 0 radical (unpaired) electrons. The summed E-state index contributed by atoms with van der Waals surface area (Å²) in [5.74, 6) is 2.65. The molecule has 4 rings (SSSR count). The Balaban J connectivity index is 1.77.